The van der Waals surface area contributed by atoms with Crippen LogP contribution in [-0.4, -0.2) is 34.8 Å². The molecule has 2 aliphatic rings. The van der Waals surface area contributed by atoms with E-state index >= 15 is 0 Å². The molecule has 4 heteroatoms. The quantitative estimate of drug-likeness (QED) is 0.813. The Labute approximate surface area is 109 Å². The molecule has 1 unspecified atom stereocenters. The topological polar surface area (TPSA) is 49.4 Å². The Morgan fingerprint density at radius 1 is 1.28 bits per heavy atom. The predicted octanol–water partition coefficient (Wildman–Crippen LogP) is 1.69. The summed E-state index contributed by atoms with van der Waals surface area (Å²) in [4.78, 5) is 26.8. The summed E-state index contributed by atoms with van der Waals surface area (Å²) in [6.07, 6.45) is 4.86. The lowest BCUT2D eigenvalue weighted by Crippen LogP contribution is -2.71. The Bertz CT molecular complexity index is 346. The molecular weight excluding hydrogens is 228 g/mol. The van der Waals surface area contributed by atoms with Crippen molar-refractivity contribution in [2.24, 2.45) is 5.92 Å². The number of likely N-dealkylation sites (N-methyl/N-ethyl adjacent to an activating group) is 1. The lowest BCUT2D eigenvalue weighted by molar-refractivity contribution is -0.158. The summed E-state index contributed by atoms with van der Waals surface area (Å²) in [6, 6.07) is -0.296. The molecule has 0 aromatic carbocycles. The van der Waals surface area contributed by atoms with Crippen molar-refractivity contribution in [3.05, 3.63) is 0 Å². The van der Waals surface area contributed by atoms with Gasteiger partial charge in [-0.2, -0.15) is 0 Å². The molecule has 18 heavy (non-hydrogen) atoms. The van der Waals surface area contributed by atoms with E-state index in [2.05, 4.69) is 5.32 Å². The Morgan fingerprint density at radius 3 is 2.39 bits per heavy atom. The number of amides is 2. The maximum atomic E-state index is 12.7. The van der Waals surface area contributed by atoms with Crippen LogP contribution < -0.4 is 5.32 Å². The first kappa shape index (κ1) is 13.4. The molecule has 1 atom stereocenters. The molecule has 1 heterocycles. The van der Waals surface area contributed by atoms with E-state index in [4.69, 9.17) is 0 Å². The monoisotopic (exact) mass is 252 g/mol. The zero-order valence-electron chi connectivity index (χ0n) is 11.7. The fourth-order valence-electron chi connectivity index (χ4n) is 3.40. The van der Waals surface area contributed by atoms with Gasteiger partial charge in [0, 0.05) is 6.54 Å². The molecule has 0 bridgehead atoms. The van der Waals surface area contributed by atoms with Crippen LogP contribution in [0.1, 0.15) is 52.9 Å². The molecule has 2 fully saturated rings. The lowest BCUT2D eigenvalue weighted by Gasteiger charge is -2.48. The summed E-state index contributed by atoms with van der Waals surface area (Å²) in [6.45, 7) is 6.58. The number of rotatable bonds is 2. The number of carbonyl (C=O) groups is 2. The van der Waals surface area contributed by atoms with Crippen molar-refractivity contribution in [1.82, 2.24) is 10.2 Å². The molecule has 1 spiro atoms. The minimum atomic E-state index is -0.587. The van der Waals surface area contributed by atoms with Gasteiger partial charge in [0.15, 0.2) is 0 Å². The molecule has 1 saturated carbocycles. The van der Waals surface area contributed by atoms with E-state index in [9.17, 15) is 9.59 Å². The number of hydrogen-bond donors (Lipinski definition) is 1. The summed E-state index contributed by atoms with van der Waals surface area (Å²) in [5.74, 6) is 0.339. The Kier molecular flexibility index (Phi) is 3.64. The van der Waals surface area contributed by atoms with Crippen molar-refractivity contribution in [1.29, 1.82) is 0 Å². The number of piperazine rings is 1. The van der Waals surface area contributed by atoms with Crippen LogP contribution in [0.5, 0.6) is 0 Å². The van der Waals surface area contributed by atoms with Gasteiger partial charge in [-0.3, -0.25) is 9.59 Å². The van der Waals surface area contributed by atoms with Gasteiger partial charge in [0.1, 0.15) is 11.6 Å². The van der Waals surface area contributed by atoms with Gasteiger partial charge in [-0.25, -0.2) is 0 Å². The second kappa shape index (κ2) is 4.90. The van der Waals surface area contributed by atoms with E-state index in [-0.39, 0.29) is 23.8 Å². The fraction of sp³-hybridized carbons (Fsp3) is 0.857. The maximum absolute atomic E-state index is 12.7. The Morgan fingerprint density at radius 2 is 1.89 bits per heavy atom. The number of carbonyl (C=O) groups excluding carboxylic acids is 2. The van der Waals surface area contributed by atoms with Crippen LogP contribution in [0.15, 0.2) is 0 Å². The first-order valence-electron chi connectivity index (χ1n) is 7.15. The van der Waals surface area contributed by atoms with Gasteiger partial charge in [-0.15, -0.1) is 0 Å². The summed E-state index contributed by atoms with van der Waals surface area (Å²) < 4.78 is 0. The van der Waals surface area contributed by atoms with Gasteiger partial charge in [-0.1, -0.05) is 33.1 Å². The van der Waals surface area contributed by atoms with Crippen LogP contribution in [0.2, 0.25) is 0 Å². The standard InChI is InChI=1S/C14H24N2O2/c1-4-16-11(10(2)3)12(17)15-14(13(16)18)8-6-5-7-9-14/h10-11H,4-9H2,1-3H3,(H,15,17). The molecule has 102 valence electrons. The summed E-state index contributed by atoms with van der Waals surface area (Å²) in [5, 5.41) is 3.05. The Balaban J connectivity index is 2.29. The van der Waals surface area contributed by atoms with Crippen molar-refractivity contribution in [2.45, 2.75) is 64.5 Å². The van der Waals surface area contributed by atoms with E-state index < -0.39 is 5.54 Å². The fourth-order valence-corrected chi connectivity index (χ4v) is 3.40. The van der Waals surface area contributed by atoms with Crippen molar-refractivity contribution < 1.29 is 9.59 Å². The first-order valence-corrected chi connectivity index (χ1v) is 7.15. The molecular formula is C14H24N2O2. The highest BCUT2D eigenvalue weighted by atomic mass is 16.2. The maximum Gasteiger partial charge on any atom is 0.249 e. The molecule has 2 rings (SSSR count). The highest BCUT2D eigenvalue weighted by Gasteiger charge is 2.51. The van der Waals surface area contributed by atoms with Gasteiger partial charge in [0.05, 0.1) is 0 Å². The van der Waals surface area contributed by atoms with Gasteiger partial charge >= 0.3 is 0 Å². The van der Waals surface area contributed by atoms with Crippen LogP contribution in [-0.2, 0) is 9.59 Å². The zero-order valence-corrected chi connectivity index (χ0v) is 11.7. The molecule has 2 amide bonds. The van der Waals surface area contributed by atoms with E-state index in [1.165, 1.54) is 6.42 Å². The largest absolute Gasteiger partial charge is 0.340 e. The van der Waals surface area contributed by atoms with Gasteiger partial charge in [-0.05, 0) is 25.7 Å². The van der Waals surface area contributed by atoms with Crippen LogP contribution in [0, 0.1) is 5.92 Å². The zero-order chi connectivity index (χ0) is 13.3. The van der Waals surface area contributed by atoms with Crippen LogP contribution >= 0.6 is 0 Å². The third-order valence-electron chi connectivity index (χ3n) is 4.32. The van der Waals surface area contributed by atoms with Crippen molar-refractivity contribution >= 4 is 11.8 Å². The van der Waals surface area contributed by atoms with E-state index in [1.54, 1.807) is 4.90 Å². The van der Waals surface area contributed by atoms with Crippen molar-refractivity contribution in [3.63, 3.8) is 0 Å². The second-order valence-electron chi connectivity index (χ2n) is 5.91. The van der Waals surface area contributed by atoms with Crippen LogP contribution in [0.25, 0.3) is 0 Å². The third kappa shape index (κ3) is 2.02. The molecule has 1 aliphatic heterocycles. The van der Waals surface area contributed by atoms with Gasteiger partial charge in [0.25, 0.3) is 0 Å². The van der Waals surface area contributed by atoms with E-state index in [0.717, 1.165) is 25.7 Å². The van der Waals surface area contributed by atoms with E-state index in [0.29, 0.717) is 6.54 Å². The summed E-state index contributed by atoms with van der Waals surface area (Å²) >= 11 is 0. The number of hydrogen-bond acceptors (Lipinski definition) is 2. The molecule has 4 nitrogen and oxygen atoms in total. The molecule has 1 N–H and O–H groups in total. The smallest absolute Gasteiger partial charge is 0.249 e. The van der Waals surface area contributed by atoms with Crippen LogP contribution in [0.4, 0.5) is 0 Å². The third-order valence-corrected chi connectivity index (χ3v) is 4.32. The normalized spacial score (nSPS) is 27.8. The van der Waals surface area contributed by atoms with Crippen LogP contribution in [0.3, 0.4) is 0 Å². The molecule has 1 aliphatic carbocycles. The summed E-state index contributed by atoms with van der Waals surface area (Å²) in [7, 11) is 0. The van der Waals surface area contributed by atoms with Gasteiger partial charge < -0.3 is 10.2 Å². The Hall–Kier alpha value is -1.06. The second-order valence-corrected chi connectivity index (χ2v) is 5.91. The summed E-state index contributed by atoms with van der Waals surface area (Å²) in [5.41, 5.74) is -0.587. The average Bonchev–Trinajstić information content (AvgIpc) is 2.34. The SMILES string of the molecule is CCN1C(=O)C2(CCCCC2)NC(=O)C1C(C)C. The van der Waals surface area contributed by atoms with E-state index in [1.807, 2.05) is 20.8 Å². The number of nitrogens with zero attached hydrogens (tertiary/aromatic N) is 1. The highest BCUT2D eigenvalue weighted by molar-refractivity contribution is 6.00. The molecule has 0 radical (unpaired) electrons. The molecule has 1 saturated heterocycles. The predicted molar refractivity (Wildman–Crippen MR) is 70.0 cm³/mol. The molecule has 0 aromatic rings. The number of nitrogens with one attached hydrogen (secondary N) is 1. The first-order chi connectivity index (χ1) is 8.52. The lowest BCUT2D eigenvalue weighted by atomic mass is 9.77. The average molecular weight is 252 g/mol. The van der Waals surface area contributed by atoms with Gasteiger partial charge in [0.2, 0.25) is 11.8 Å². The minimum absolute atomic E-state index is 0.0355. The molecule has 0 aromatic heterocycles. The highest BCUT2D eigenvalue weighted by Crippen LogP contribution is 2.34. The van der Waals surface area contributed by atoms with Crippen molar-refractivity contribution in [2.75, 3.05) is 6.54 Å². The minimum Gasteiger partial charge on any atom is -0.340 e. The van der Waals surface area contributed by atoms with Crippen molar-refractivity contribution in [3.8, 4) is 0 Å².